The second kappa shape index (κ2) is 8.83. The highest BCUT2D eigenvalue weighted by Gasteiger charge is 2.08. The Kier molecular flexibility index (Phi) is 7.38. The molecule has 1 rings (SSSR count). The monoisotopic (exact) mass is 304 g/mol. The molecule has 0 aliphatic rings. The summed E-state index contributed by atoms with van der Waals surface area (Å²) in [5.41, 5.74) is 0. The molecule has 3 N–H and O–H groups in total. The number of thioether (sulfide) groups is 1. The van der Waals surface area contributed by atoms with Gasteiger partial charge in [0.2, 0.25) is 16.2 Å². The van der Waals surface area contributed by atoms with E-state index in [2.05, 4.69) is 26.9 Å². The zero-order valence-electron chi connectivity index (χ0n) is 10.5. The van der Waals surface area contributed by atoms with E-state index >= 15 is 0 Å². The van der Waals surface area contributed by atoms with Crippen LogP contribution in [0.2, 0.25) is 0 Å². The molecule has 0 unspecified atom stereocenters. The predicted octanol–water partition coefficient (Wildman–Crippen LogP) is 1.04. The molecule has 9 heteroatoms. The summed E-state index contributed by atoms with van der Waals surface area (Å²) < 4.78 is 4.11. The summed E-state index contributed by atoms with van der Waals surface area (Å²) in [6, 6.07) is 0. The van der Waals surface area contributed by atoms with E-state index in [-0.39, 0.29) is 25.4 Å². The van der Waals surface area contributed by atoms with Crippen LogP contribution in [0.15, 0.2) is 5.16 Å². The number of hydrogen-bond donors (Lipinski definition) is 3. The topological polar surface area (TPSA) is 104 Å². The van der Waals surface area contributed by atoms with Gasteiger partial charge in [0.15, 0.2) is 0 Å². The van der Waals surface area contributed by atoms with Crippen molar-refractivity contribution in [2.45, 2.75) is 24.9 Å². The Morgan fingerprint density at radius 3 is 2.95 bits per heavy atom. The quantitative estimate of drug-likeness (QED) is 0.462. The number of hydrogen-bond acceptors (Lipinski definition) is 7. The van der Waals surface area contributed by atoms with Gasteiger partial charge in [-0.05, 0) is 6.42 Å². The molecular formula is C10H16N4O3S2. The largest absolute Gasteiger partial charge is 0.481 e. The van der Waals surface area contributed by atoms with E-state index < -0.39 is 5.97 Å². The minimum atomic E-state index is -0.894. The number of carbonyl (C=O) groups is 2. The van der Waals surface area contributed by atoms with Crippen molar-refractivity contribution >= 4 is 40.3 Å². The second-order valence-corrected chi connectivity index (χ2v) is 5.41. The lowest BCUT2D eigenvalue weighted by atomic mass is 10.4. The van der Waals surface area contributed by atoms with Crippen LogP contribution in [-0.2, 0) is 9.59 Å². The highest BCUT2D eigenvalue weighted by molar-refractivity contribution is 7.99. The summed E-state index contributed by atoms with van der Waals surface area (Å²) in [5, 5.41) is 14.9. The van der Waals surface area contributed by atoms with Crippen LogP contribution in [0.4, 0.5) is 5.13 Å². The van der Waals surface area contributed by atoms with Crippen molar-refractivity contribution in [3.8, 4) is 0 Å². The van der Waals surface area contributed by atoms with E-state index in [0.717, 1.165) is 23.7 Å². The average Bonchev–Trinajstić information content (AvgIpc) is 2.79. The van der Waals surface area contributed by atoms with Crippen molar-refractivity contribution < 1.29 is 14.7 Å². The molecule has 0 saturated carbocycles. The molecule has 1 aromatic heterocycles. The number of rotatable bonds is 9. The van der Waals surface area contributed by atoms with Gasteiger partial charge >= 0.3 is 5.97 Å². The fraction of sp³-hybridized carbons (Fsp3) is 0.600. The molecule has 0 aromatic carbocycles. The Balaban J connectivity index is 2.24. The maximum absolute atomic E-state index is 11.5. The number of anilines is 1. The fourth-order valence-electron chi connectivity index (χ4n) is 1.07. The first-order chi connectivity index (χ1) is 9.11. The van der Waals surface area contributed by atoms with Gasteiger partial charge in [-0.25, -0.2) is 0 Å². The summed E-state index contributed by atoms with van der Waals surface area (Å²) in [7, 11) is 0. The predicted molar refractivity (Wildman–Crippen MR) is 74.7 cm³/mol. The average molecular weight is 304 g/mol. The lowest BCUT2D eigenvalue weighted by Crippen LogP contribution is -2.29. The van der Waals surface area contributed by atoms with Crippen LogP contribution in [0, 0.1) is 0 Å². The number of carboxylic acid groups (broad SMARTS) is 1. The van der Waals surface area contributed by atoms with Gasteiger partial charge in [-0.2, -0.15) is 9.36 Å². The third kappa shape index (κ3) is 7.09. The van der Waals surface area contributed by atoms with Gasteiger partial charge < -0.3 is 10.4 Å². The van der Waals surface area contributed by atoms with Crippen molar-refractivity contribution in [3.05, 3.63) is 0 Å². The first-order valence-corrected chi connectivity index (χ1v) is 7.56. The van der Waals surface area contributed by atoms with Crippen molar-refractivity contribution in [2.75, 3.05) is 24.2 Å². The Hall–Kier alpha value is -1.19. The number of amides is 1. The molecule has 0 saturated heterocycles. The smallest absolute Gasteiger partial charge is 0.304 e. The number of nitrogens with one attached hydrogen (secondary N) is 2. The Morgan fingerprint density at radius 2 is 2.26 bits per heavy atom. The third-order valence-electron chi connectivity index (χ3n) is 1.89. The van der Waals surface area contributed by atoms with Crippen LogP contribution >= 0.6 is 23.3 Å². The summed E-state index contributed by atoms with van der Waals surface area (Å²) in [4.78, 5) is 25.9. The standard InChI is InChI=1S/C10H16N4O3S2/c1-2-5-18-10-13-9(19-14-10)12-7(15)6-11-4-3-8(16)17/h11H,2-6H2,1H3,(H,16,17)(H,12,13,14,15). The van der Waals surface area contributed by atoms with Gasteiger partial charge in [-0.1, -0.05) is 18.7 Å². The second-order valence-electron chi connectivity index (χ2n) is 3.60. The number of aliphatic carboxylic acids is 1. The molecule has 1 aromatic rings. The Labute approximate surface area is 119 Å². The summed E-state index contributed by atoms with van der Waals surface area (Å²) in [5.74, 6) is -0.205. The molecule has 0 radical (unpaired) electrons. The van der Waals surface area contributed by atoms with E-state index in [1.807, 2.05) is 0 Å². The highest BCUT2D eigenvalue weighted by Crippen LogP contribution is 2.20. The molecule has 0 fully saturated rings. The maximum Gasteiger partial charge on any atom is 0.304 e. The van der Waals surface area contributed by atoms with Crippen molar-refractivity contribution in [1.29, 1.82) is 0 Å². The summed E-state index contributed by atoms with van der Waals surface area (Å²) >= 11 is 2.69. The zero-order chi connectivity index (χ0) is 14.1. The van der Waals surface area contributed by atoms with E-state index in [9.17, 15) is 9.59 Å². The fourth-order valence-corrected chi connectivity index (χ4v) is 2.49. The van der Waals surface area contributed by atoms with E-state index in [1.54, 1.807) is 11.8 Å². The van der Waals surface area contributed by atoms with E-state index in [4.69, 9.17) is 5.11 Å². The van der Waals surface area contributed by atoms with Crippen molar-refractivity contribution in [3.63, 3.8) is 0 Å². The molecule has 1 heterocycles. The third-order valence-corrected chi connectivity index (χ3v) is 3.69. The molecule has 1 amide bonds. The minimum Gasteiger partial charge on any atom is -0.481 e. The molecular weight excluding hydrogens is 288 g/mol. The van der Waals surface area contributed by atoms with Crippen LogP contribution in [-0.4, -0.2) is 45.2 Å². The minimum absolute atomic E-state index is 0.0100. The number of carboxylic acids is 1. The molecule has 106 valence electrons. The van der Waals surface area contributed by atoms with Gasteiger partial charge in [-0.15, -0.1) is 0 Å². The lowest BCUT2D eigenvalue weighted by molar-refractivity contribution is -0.137. The van der Waals surface area contributed by atoms with Gasteiger partial charge in [0.05, 0.1) is 13.0 Å². The SMILES string of the molecule is CCCSc1nsc(NC(=O)CNCCC(=O)O)n1. The van der Waals surface area contributed by atoms with Crippen LogP contribution in [0.5, 0.6) is 0 Å². The van der Waals surface area contributed by atoms with Gasteiger partial charge in [0, 0.05) is 23.8 Å². The molecule has 0 bridgehead atoms. The van der Waals surface area contributed by atoms with Crippen LogP contribution in [0.1, 0.15) is 19.8 Å². The first kappa shape index (κ1) is 15.9. The molecule has 7 nitrogen and oxygen atoms in total. The highest BCUT2D eigenvalue weighted by atomic mass is 32.2. The lowest BCUT2D eigenvalue weighted by Gasteiger charge is -2.02. The number of carbonyl (C=O) groups excluding carboxylic acids is 1. The first-order valence-electron chi connectivity index (χ1n) is 5.80. The van der Waals surface area contributed by atoms with Gasteiger partial charge in [0.25, 0.3) is 0 Å². The zero-order valence-corrected chi connectivity index (χ0v) is 12.1. The molecule has 0 spiro atoms. The summed E-state index contributed by atoms with van der Waals surface area (Å²) in [6.45, 7) is 2.39. The van der Waals surface area contributed by atoms with Gasteiger partial charge in [-0.3, -0.25) is 14.9 Å². The molecule has 0 aliphatic carbocycles. The van der Waals surface area contributed by atoms with Crippen LogP contribution in [0.3, 0.4) is 0 Å². The van der Waals surface area contributed by atoms with Crippen LogP contribution in [0.25, 0.3) is 0 Å². The molecule has 0 aliphatic heterocycles. The van der Waals surface area contributed by atoms with E-state index in [0.29, 0.717) is 10.3 Å². The number of aromatic nitrogens is 2. The maximum atomic E-state index is 11.5. The van der Waals surface area contributed by atoms with Crippen LogP contribution < -0.4 is 10.6 Å². The normalized spacial score (nSPS) is 10.4. The molecule has 0 atom stereocenters. The van der Waals surface area contributed by atoms with Crippen molar-refractivity contribution in [2.24, 2.45) is 0 Å². The number of nitrogens with zero attached hydrogens (tertiary/aromatic N) is 2. The van der Waals surface area contributed by atoms with Gasteiger partial charge in [0.1, 0.15) is 0 Å². The Bertz CT molecular complexity index is 425. The summed E-state index contributed by atoms with van der Waals surface area (Å²) in [6.07, 6.45) is 1.03. The Morgan fingerprint density at radius 1 is 1.47 bits per heavy atom. The van der Waals surface area contributed by atoms with E-state index in [1.165, 1.54) is 0 Å². The molecule has 19 heavy (non-hydrogen) atoms. The van der Waals surface area contributed by atoms with Crippen molar-refractivity contribution in [1.82, 2.24) is 14.7 Å².